The van der Waals surface area contributed by atoms with Gasteiger partial charge in [-0.1, -0.05) is 0 Å². The third-order valence-corrected chi connectivity index (χ3v) is 2.39. The molecular formula is C12H12N4O2. The van der Waals surface area contributed by atoms with E-state index < -0.39 is 5.97 Å². The summed E-state index contributed by atoms with van der Waals surface area (Å²) in [7, 11) is 1.28. The van der Waals surface area contributed by atoms with Gasteiger partial charge in [-0.2, -0.15) is 0 Å². The first-order valence-electron chi connectivity index (χ1n) is 5.29. The standard InChI is InChI=1S/C12H12N4O2/c1-18-12(17)9-7-15-10(16-11(9)13)6-8-2-4-14-5-3-8/h2-5,7H,6H2,1H3,(H2,13,15,16). The summed E-state index contributed by atoms with van der Waals surface area (Å²) in [5, 5.41) is 0. The Morgan fingerprint density at radius 1 is 1.39 bits per heavy atom. The fraction of sp³-hybridized carbons (Fsp3) is 0.167. The normalized spacial score (nSPS) is 10.1. The molecule has 0 saturated carbocycles. The quantitative estimate of drug-likeness (QED) is 0.804. The van der Waals surface area contributed by atoms with E-state index in [0.29, 0.717) is 12.2 Å². The Labute approximate surface area is 104 Å². The van der Waals surface area contributed by atoms with Crippen LogP contribution in [-0.2, 0) is 11.2 Å². The molecule has 6 heteroatoms. The van der Waals surface area contributed by atoms with Crippen LogP contribution in [0.2, 0.25) is 0 Å². The molecule has 0 aliphatic carbocycles. The molecule has 2 heterocycles. The monoisotopic (exact) mass is 244 g/mol. The van der Waals surface area contributed by atoms with Gasteiger partial charge >= 0.3 is 5.97 Å². The maximum atomic E-state index is 11.3. The molecule has 0 aromatic carbocycles. The predicted octanol–water partition coefficient (Wildman–Crippen LogP) is 0.831. The summed E-state index contributed by atoms with van der Waals surface area (Å²) in [6.07, 6.45) is 5.31. The highest BCUT2D eigenvalue weighted by atomic mass is 16.5. The van der Waals surface area contributed by atoms with Crippen LogP contribution in [0.25, 0.3) is 0 Å². The van der Waals surface area contributed by atoms with Gasteiger partial charge in [-0.3, -0.25) is 4.98 Å². The largest absolute Gasteiger partial charge is 0.465 e. The fourth-order valence-corrected chi connectivity index (χ4v) is 1.47. The second-order valence-electron chi connectivity index (χ2n) is 3.61. The zero-order valence-corrected chi connectivity index (χ0v) is 9.83. The van der Waals surface area contributed by atoms with E-state index in [-0.39, 0.29) is 11.4 Å². The van der Waals surface area contributed by atoms with Gasteiger partial charge in [0, 0.05) is 25.0 Å². The third kappa shape index (κ3) is 2.60. The van der Waals surface area contributed by atoms with Crippen LogP contribution in [0.15, 0.2) is 30.7 Å². The molecule has 0 spiro atoms. The first-order valence-corrected chi connectivity index (χ1v) is 5.29. The maximum absolute atomic E-state index is 11.3. The Morgan fingerprint density at radius 2 is 2.11 bits per heavy atom. The Morgan fingerprint density at radius 3 is 2.72 bits per heavy atom. The van der Waals surface area contributed by atoms with Crippen LogP contribution in [-0.4, -0.2) is 28.0 Å². The second kappa shape index (κ2) is 5.22. The summed E-state index contributed by atoms with van der Waals surface area (Å²) in [5.74, 6) is 0.134. The zero-order chi connectivity index (χ0) is 13.0. The number of nitrogens with zero attached hydrogens (tertiary/aromatic N) is 3. The Bertz CT molecular complexity index is 557. The summed E-state index contributed by atoms with van der Waals surface area (Å²) in [6, 6.07) is 3.74. The van der Waals surface area contributed by atoms with Gasteiger partial charge in [0.05, 0.1) is 7.11 Å². The van der Waals surface area contributed by atoms with Crippen LogP contribution >= 0.6 is 0 Å². The van der Waals surface area contributed by atoms with Crippen LogP contribution in [0, 0.1) is 0 Å². The Kier molecular flexibility index (Phi) is 3.47. The number of aromatic nitrogens is 3. The Balaban J connectivity index is 2.22. The lowest BCUT2D eigenvalue weighted by atomic mass is 10.2. The third-order valence-electron chi connectivity index (χ3n) is 2.39. The minimum Gasteiger partial charge on any atom is -0.465 e. The number of hydrogen-bond donors (Lipinski definition) is 1. The first-order chi connectivity index (χ1) is 8.70. The SMILES string of the molecule is COC(=O)c1cnc(Cc2ccncc2)nc1N. The number of nitrogen functional groups attached to an aromatic ring is 1. The van der Waals surface area contributed by atoms with Crippen LogP contribution in [0.4, 0.5) is 5.82 Å². The van der Waals surface area contributed by atoms with E-state index in [1.54, 1.807) is 12.4 Å². The Hall–Kier alpha value is -2.50. The number of methoxy groups -OCH3 is 1. The number of nitrogens with two attached hydrogens (primary N) is 1. The van der Waals surface area contributed by atoms with Crippen molar-refractivity contribution in [3.05, 3.63) is 47.7 Å². The van der Waals surface area contributed by atoms with Crippen molar-refractivity contribution >= 4 is 11.8 Å². The van der Waals surface area contributed by atoms with Crippen molar-refractivity contribution < 1.29 is 9.53 Å². The molecule has 0 radical (unpaired) electrons. The molecule has 0 bridgehead atoms. The summed E-state index contributed by atoms with van der Waals surface area (Å²) in [5.41, 5.74) is 6.89. The lowest BCUT2D eigenvalue weighted by molar-refractivity contribution is 0.0601. The van der Waals surface area contributed by atoms with E-state index in [1.165, 1.54) is 13.3 Å². The predicted molar refractivity (Wildman–Crippen MR) is 64.8 cm³/mol. The smallest absolute Gasteiger partial charge is 0.343 e. The van der Waals surface area contributed by atoms with Crippen LogP contribution in [0.1, 0.15) is 21.7 Å². The molecule has 0 atom stereocenters. The molecule has 6 nitrogen and oxygen atoms in total. The number of esters is 1. The number of pyridine rings is 1. The molecule has 2 aromatic rings. The van der Waals surface area contributed by atoms with E-state index in [1.807, 2.05) is 12.1 Å². The van der Waals surface area contributed by atoms with Crippen LogP contribution in [0.5, 0.6) is 0 Å². The van der Waals surface area contributed by atoms with E-state index in [0.717, 1.165) is 5.56 Å². The zero-order valence-electron chi connectivity index (χ0n) is 9.83. The van der Waals surface area contributed by atoms with Crippen molar-refractivity contribution in [3.63, 3.8) is 0 Å². The van der Waals surface area contributed by atoms with Gasteiger partial charge in [-0.15, -0.1) is 0 Å². The topological polar surface area (TPSA) is 91.0 Å². The highest BCUT2D eigenvalue weighted by molar-refractivity contribution is 5.93. The molecule has 2 rings (SSSR count). The lowest BCUT2D eigenvalue weighted by Crippen LogP contribution is -2.10. The molecular weight excluding hydrogens is 232 g/mol. The lowest BCUT2D eigenvalue weighted by Gasteiger charge is -2.05. The first kappa shape index (κ1) is 12.0. The minimum absolute atomic E-state index is 0.126. The number of hydrogen-bond acceptors (Lipinski definition) is 6. The maximum Gasteiger partial charge on any atom is 0.343 e. The highest BCUT2D eigenvalue weighted by Gasteiger charge is 2.12. The van der Waals surface area contributed by atoms with Crippen molar-refractivity contribution in [1.82, 2.24) is 15.0 Å². The summed E-state index contributed by atoms with van der Waals surface area (Å²) in [6.45, 7) is 0. The molecule has 0 aliphatic rings. The minimum atomic E-state index is -0.539. The second-order valence-corrected chi connectivity index (χ2v) is 3.61. The molecule has 0 amide bonds. The number of anilines is 1. The van der Waals surface area contributed by atoms with E-state index in [2.05, 4.69) is 19.7 Å². The summed E-state index contributed by atoms with van der Waals surface area (Å²) in [4.78, 5) is 23.4. The number of carbonyl (C=O) groups is 1. The fourth-order valence-electron chi connectivity index (χ4n) is 1.47. The van der Waals surface area contributed by atoms with Gasteiger partial charge in [0.25, 0.3) is 0 Å². The van der Waals surface area contributed by atoms with Crippen molar-refractivity contribution in [3.8, 4) is 0 Å². The van der Waals surface area contributed by atoms with Crippen molar-refractivity contribution in [2.45, 2.75) is 6.42 Å². The van der Waals surface area contributed by atoms with Gasteiger partial charge in [0.1, 0.15) is 17.2 Å². The number of carbonyl (C=O) groups excluding carboxylic acids is 1. The van der Waals surface area contributed by atoms with Gasteiger partial charge in [-0.05, 0) is 17.7 Å². The van der Waals surface area contributed by atoms with Gasteiger partial charge in [-0.25, -0.2) is 14.8 Å². The average Bonchev–Trinajstić information content (AvgIpc) is 2.39. The molecule has 0 unspecified atom stereocenters. The molecule has 2 aromatic heterocycles. The van der Waals surface area contributed by atoms with E-state index in [9.17, 15) is 4.79 Å². The van der Waals surface area contributed by atoms with E-state index in [4.69, 9.17) is 5.73 Å². The summed E-state index contributed by atoms with van der Waals surface area (Å²) < 4.78 is 4.57. The molecule has 0 fully saturated rings. The highest BCUT2D eigenvalue weighted by Crippen LogP contribution is 2.11. The molecule has 2 N–H and O–H groups in total. The molecule has 0 saturated heterocycles. The van der Waals surface area contributed by atoms with Crippen LogP contribution < -0.4 is 5.73 Å². The van der Waals surface area contributed by atoms with E-state index >= 15 is 0 Å². The van der Waals surface area contributed by atoms with Gasteiger partial charge < -0.3 is 10.5 Å². The van der Waals surface area contributed by atoms with Crippen LogP contribution in [0.3, 0.4) is 0 Å². The molecule has 92 valence electrons. The van der Waals surface area contributed by atoms with Crippen molar-refractivity contribution in [1.29, 1.82) is 0 Å². The number of ether oxygens (including phenoxy) is 1. The van der Waals surface area contributed by atoms with Crippen molar-refractivity contribution in [2.24, 2.45) is 0 Å². The number of rotatable bonds is 3. The molecule has 0 aliphatic heterocycles. The van der Waals surface area contributed by atoms with Gasteiger partial charge in [0.2, 0.25) is 0 Å². The van der Waals surface area contributed by atoms with Crippen molar-refractivity contribution in [2.75, 3.05) is 12.8 Å². The van der Waals surface area contributed by atoms with Gasteiger partial charge in [0.15, 0.2) is 0 Å². The average molecular weight is 244 g/mol. The summed E-state index contributed by atoms with van der Waals surface area (Å²) >= 11 is 0. The molecule has 18 heavy (non-hydrogen) atoms.